The van der Waals surface area contributed by atoms with Crippen molar-refractivity contribution in [2.75, 3.05) is 13.2 Å². The average molecular weight is 508 g/mol. The number of carbonyl (C=O) groups is 1. The number of thioether (sulfide) groups is 1. The van der Waals surface area contributed by atoms with Crippen LogP contribution in [0.4, 0.5) is 5.69 Å². The van der Waals surface area contributed by atoms with Gasteiger partial charge < -0.3 is 9.30 Å². The van der Waals surface area contributed by atoms with Gasteiger partial charge in [-0.3, -0.25) is 9.69 Å². The lowest BCUT2D eigenvalue weighted by Crippen LogP contribution is -2.36. The molecule has 2 aromatic carbocycles. The van der Waals surface area contributed by atoms with Crippen LogP contribution in [0.15, 0.2) is 87.3 Å². The van der Waals surface area contributed by atoms with Crippen molar-refractivity contribution in [1.29, 1.82) is 0 Å². The molecule has 0 bridgehead atoms. The van der Waals surface area contributed by atoms with Gasteiger partial charge in [-0.25, -0.2) is 4.99 Å². The quantitative estimate of drug-likeness (QED) is 0.396. The average Bonchev–Trinajstić information content (AvgIpc) is 3.54. The molecule has 0 spiro atoms. The van der Waals surface area contributed by atoms with Gasteiger partial charge in [0.25, 0.3) is 5.91 Å². The van der Waals surface area contributed by atoms with Crippen LogP contribution in [0.5, 0.6) is 0 Å². The number of nitrogens with zero attached hydrogens (tertiary/aromatic N) is 3. The first kappa shape index (κ1) is 21.2. The number of aliphatic imine (C=N–C) groups is 1. The molecule has 5 rings (SSSR count). The number of para-hydroxylation sites is 1. The van der Waals surface area contributed by atoms with Crippen LogP contribution in [0.3, 0.4) is 0 Å². The van der Waals surface area contributed by atoms with E-state index >= 15 is 0 Å². The Kier molecular flexibility index (Phi) is 6.30. The Morgan fingerprint density at radius 1 is 1.12 bits per heavy atom. The van der Waals surface area contributed by atoms with Crippen LogP contribution < -0.4 is 0 Å². The van der Waals surface area contributed by atoms with Crippen LogP contribution in [0.25, 0.3) is 11.8 Å². The Balaban J connectivity index is 1.48. The van der Waals surface area contributed by atoms with E-state index in [9.17, 15) is 4.79 Å². The Morgan fingerprint density at radius 3 is 2.78 bits per heavy atom. The Bertz CT molecular complexity index is 1180. The summed E-state index contributed by atoms with van der Waals surface area (Å²) >= 11 is 4.96. The van der Waals surface area contributed by atoms with Gasteiger partial charge in [-0.2, -0.15) is 0 Å². The number of hydrogen-bond donors (Lipinski definition) is 0. The first-order valence-corrected chi connectivity index (χ1v) is 12.2. The molecule has 0 unspecified atom stereocenters. The van der Waals surface area contributed by atoms with E-state index < -0.39 is 0 Å². The first-order valence-electron chi connectivity index (χ1n) is 10.6. The summed E-state index contributed by atoms with van der Waals surface area (Å²) in [6.45, 7) is 1.29. The molecular weight excluding hydrogens is 486 g/mol. The van der Waals surface area contributed by atoms with E-state index in [1.165, 1.54) is 11.8 Å². The second kappa shape index (κ2) is 9.48. The number of hydrogen-bond acceptors (Lipinski definition) is 4. The summed E-state index contributed by atoms with van der Waals surface area (Å²) in [6.07, 6.45) is 6.02. The van der Waals surface area contributed by atoms with Gasteiger partial charge in [0.05, 0.1) is 23.2 Å². The largest absolute Gasteiger partial charge is 0.376 e. The van der Waals surface area contributed by atoms with Gasteiger partial charge in [0.2, 0.25) is 0 Å². The minimum atomic E-state index is -0.0258. The third kappa shape index (κ3) is 4.60. The molecule has 0 radical (unpaired) electrons. The fraction of sp³-hybridized carbons (Fsp3) is 0.200. The SMILES string of the molecule is O=C1/C(=C/c2cccn2-c2cccc(Br)c2)SC(=Nc2ccccc2)N1C[C@H]1CCCO1. The summed E-state index contributed by atoms with van der Waals surface area (Å²) < 4.78 is 8.88. The van der Waals surface area contributed by atoms with E-state index in [-0.39, 0.29) is 12.0 Å². The molecule has 162 valence electrons. The lowest BCUT2D eigenvalue weighted by molar-refractivity contribution is -0.123. The lowest BCUT2D eigenvalue weighted by Gasteiger charge is -2.19. The number of amidine groups is 1. The van der Waals surface area contributed by atoms with Crippen molar-refractivity contribution >= 4 is 50.5 Å². The second-order valence-electron chi connectivity index (χ2n) is 7.67. The molecular formula is C25H22BrN3O2S. The maximum Gasteiger partial charge on any atom is 0.266 e. The molecule has 3 aromatic rings. The van der Waals surface area contributed by atoms with Gasteiger partial charge in [0, 0.05) is 28.7 Å². The standard InChI is InChI=1S/C25H22BrN3O2S/c26-18-7-4-10-20(15-18)28-13-5-11-21(28)16-23-24(30)29(17-22-12-6-14-31-22)25(32-23)27-19-8-2-1-3-9-19/h1-5,7-11,13,15-16,22H,6,12,14,17H2/b23-16-,27-25?/t22-/m1/s1. The van der Waals surface area contributed by atoms with Gasteiger partial charge in [-0.15, -0.1) is 0 Å². The second-order valence-corrected chi connectivity index (χ2v) is 9.60. The van der Waals surface area contributed by atoms with E-state index in [0.29, 0.717) is 16.6 Å². The van der Waals surface area contributed by atoms with E-state index in [1.54, 1.807) is 4.90 Å². The van der Waals surface area contributed by atoms with Crippen molar-refractivity contribution < 1.29 is 9.53 Å². The molecule has 0 N–H and O–H groups in total. The summed E-state index contributed by atoms with van der Waals surface area (Å²) in [5, 5.41) is 0.698. The van der Waals surface area contributed by atoms with Crippen LogP contribution in [0.2, 0.25) is 0 Å². The van der Waals surface area contributed by atoms with Gasteiger partial charge in [0.15, 0.2) is 5.17 Å². The summed E-state index contributed by atoms with van der Waals surface area (Å²) in [4.78, 5) is 20.6. The van der Waals surface area contributed by atoms with Crippen molar-refractivity contribution in [2.24, 2.45) is 4.99 Å². The third-order valence-corrected chi connectivity index (χ3v) is 6.92. The normalized spacial score (nSPS) is 21.2. The predicted octanol–water partition coefficient (Wildman–Crippen LogP) is 6.02. The summed E-state index contributed by atoms with van der Waals surface area (Å²) in [6, 6.07) is 21.8. The topological polar surface area (TPSA) is 46.8 Å². The number of rotatable bonds is 5. The number of halogens is 1. The molecule has 2 saturated heterocycles. The van der Waals surface area contributed by atoms with Crippen molar-refractivity contribution in [2.45, 2.75) is 18.9 Å². The monoisotopic (exact) mass is 507 g/mol. The molecule has 0 saturated carbocycles. The van der Waals surface area contributed by atoms with E-state index in [4.69, 9.17) is 9.73 Å². The Labute approximate surface area is 199 Å². The van der Waals surface area contributed by atoms with Crippen LogP contribution in [0, 0.1) is 0 Å². The van der Waals surface area contributed by atoms with Gasteiger partial charge in [0.1, 0.15) is 0 Å². The van der Waals surface area contributed by atoms with Gasteiger partial charge in [-0.1, -0.05) is 40.2 Å². The Hall–Kier alpha value is -2.61. The zero-order chi connectivity index (χ0) is 21.9. The summed E-state index contributed by atoms with van der Waals surface area (Å²) in [5.41, 5.74) is 2.80. The molecule has 1 atom stereocenters. The highest BCUT2D eigenvalue weighted by atomic mass is 79.9. The fourth-order valence-electron chi connectivity index (χ4n) is 3.86. The molecule has 7 heteroatoms. The van der Waals surface area contributed by atoms with Crippen molar-refractivity contribution in [1.82, 2.24) is 9.47 Å². The smallest absolute Gasteiger partial charge is 0.266 e. The van der Waals surface area contributed by atoms with Gasteiger partial charge in [-0.05, 0) is 73.1 Å². The zero-order valence-electron chi connectivity index (χ0n) is 17.4. The number of ether oxygens (including phenoxy) is 1. The molecule has 32 heavy (non-hydrogen) atoms. The molecule has 1 amide bonds. The van der Waals surface area contributed by atoms with Crippen LogP contribution in [-0.4, -0.2) is 39.8 Å². The fourth-order valence-corrected chi connectivity index (χ4v) is 5.24. The van der Waals surface area contributed by atoms with Crippen LogP contribution in [0.1, 0.15) is 18.5 Å². The lowest BCUT2D eigenvalue weighted by atomic mass is 10.2. The highest BCUT2D eigenvalue weighted by molar-refractivity contribution is 9.10. The minimum Gasteiger partial charge on any atom is -0.376 e. The van der Waals surface area contributed by atoms with Crippen molar-refractivity contribution in [3.8, 4) is 5.69 Å². The number of aromatic nitrogens is 1. The third-order valence-electron chi connectivity index (χ3n) is 5.42. The number of benzene rings is 2. The maximum absolute atomic E-state index is 13.4. The maximum atomic E-state index is 13.4. The molecule has 2 fully saturated rings. The zero-order valence-corrected chi connectivity index (χ0v) is 19.8. The first-order chi connectivity index (χ1) is 15.7. The molecule has 3 heterocycles. The highest BCUT2D eigenvalue weighted by Gasteiger charge is 2.36. The van der Waals surface area contributed by atoms with E-state index in [1.807, 2.05) is 72.9 Å². The Morgan fingerprint density at radius 2 is 2.00 bits per heavy atom. The number of carbonyl (C=O) groups excluding carboxylic acids is 1. The minimum absolute atomic E-state index is 0.0258. The summed E-state index contributed by atoms with van der Waals surface area (Å²) in [5.74, 6) is -0.0258. The van der Waals surface area contributed by atoms with Crippen LogP contribution in [-0.2, 0) is 9.53 Å². The van der Waals surface area contributed by atoms with E-state index in [0.717, 1.165) is 41.0 Å². The van der Waals surface area contributed by atoms with E-state index in [2.05, 4.69) is 26.6 Å². The summed E-state index contributed by atoms with van der Waals surface area (Å²) in [7, 11) is 0. The van der Waals surface area contributed by atoms with Gasteiger partial charge >= 0.3 is 0 Å². The van der Waals surface area contributed by atoms with Crippen molar-refractivity contribution in [3.63, 3.8) is 0 Å². The molecule has 0 aliphatic carbocycles. The van der Waals surface area contributed by atoms with Crippen LogP contribution >= 0.6 is 27.7 Å². The molecule has 2 aliphatic rings. The number of amides is 1. The molecule has 1 aromatic heterocycles. The molecule has 2 aliphatic heterocycles. The highest BCUT2D eigenvalue weighted by Crippen LogP contribution is 2.35. The molecule has 5 nitrogen and oxygen atoms in total. The van der Waals surface area contributed by atoms with Crippen molar-refractivity contribution in [3.05, 3.63) is 88.0 Å². The predicted molar refractivity (Wildman–Crippen MR) is 133 cm³/mol.